The van der Waals surface area contributed by atoms with Crippen LogP contribution in [0.3, 0.4) is 0 Å². The third kappa shape index (κ3) is 7.33. The van der Waals surface area contributed by atoms with Crippen LogP contribution in [-0.4, -0.2) is 59.2 Å². The number of aryl methyl sites for hydroxylation is 1. The fraction of sp³-hybridized carbons (Fsp3) is 0.227. The predicted molar refractivity (Wildman–Crippen MR) is 130 cm³/mol. The molecule has 0 saturated heterocycles. The summed E-state index contributed by atoms with van der Waals surface area (Å²) in [6.07, 6.45) is -1.96. The van der Waals surface area contributed by atoms with Crippen molar-refractivity contribution in [3.8, 4) is 11.7 Å². The van der Waals surface area contributed by atoms with Gasteiger partial charge in [0.25, 0.3) is 11.8 Å². The highest BCUT2D eigenvalue weighted by molar-refractivity contribution is 6.32. The summed E-state index contributed by atoms with van der Waals surface area (Å²) >= 11 is 12.3. The Kier molecular flexibility index (Phi) is 8.95. The quantitative estimate of drug-likeness (QED) is 0.296. The topological polar surface area (TPSA) is 120 Å². The molecule has 0 aliphatic rings. The first-order valence-corrected chi connectivity index (χ1v) is 11.1. The second kappa shape index (κ2) is 11.9. The Labute approximate surface area is 218 Å². The zero-order valence-electron chi connectivity index (χ0n) is 19.3. The third-order valence-electron chi connectivity index (χ3n) is 4.56. The van der Waals surface area contributed by atoms with Crippen molar-refractivity contribution >= 4 is 46.9 Å². The standard InChI is InChI=1S/C22H19Cl2F3N6O4/c1-12-8-13(23)9-14(20(34)29-6-7-30-36-2)18(12)31-21(35)16-10-17(37-11-22(25,26)27)32-33(16)19-15(24)4-3-5-28-19/h3-5,7-10H,6,11H2,1-2H3,(H,29,34)(H,31,35)/b30-7+. The van der Waals surface area contributed by atoms with Crippen LogP contribution in [0.25, 0.3) is 5.82 Å². The van der Waals surface area contributed by atoms with Gasteiger partial charge < -0.3 is 20.2 Å². The van der Waals surface area contributed by atoms with Crippen LogP contribution in [0.4, 0.5) is 18.9 Å². The average Bonchev–Trinajstić information content (AvgIpc) is 3.26. The Morgan fingerprint density at radius 1 is 1.22 bits per heavy atom. The van der Waals surface area contributed by atoms with Crippen LogP contribution < -0.4 is 15.4 Å². The van der Waals surface area contributed by atoms with E-state index in [1.54, 1.807) is 6.92 Å². The lowest BCUT2D eigenvalue weighted by atomic mass is 10.1. The van der Waals surface area contributed by atoms with Crippen molar-refractivity contribution in [1.29, 1.82) is 0 Å². The summed E-state index contributed by atoms with van der Waals surface area (Å²) in [4.78, 5) is 34.7. The first kappa shape index (κ1) is 27.7. The largest absolute Gasteiger partial charge is 0.467 e. The minimum Gasteiger partial charge on any atom is -0.467 e. The lowest BCUT2D eigenvalue weighted by molar-refractivity contribution is -0.154. The van der Waals surface area contributed by atoms with Crippen molar-refractivity contribution in [2.75, 3.05) is 25.6 Å². The molecule has 0 radical (unpaired) electrons. The van der Waals surface area contributed by atoms with E-state index in [1.807, 2.05) is 0 Å². The second-order valence-electron chi connectivity index (χ2n) is 7.27. The number of carbonyl (C=O) groups excluding carboxylic acids is 2. The Morgan fingerprint density at radius 3 is 2.65 bits per heavy atom. The molecule has 3 aromatic rings. The molecule has 0 unspecified atom stereocenters. The molecule has 0 fully saturated rings. The van der Waals surface area contributed by atoms with Gasteiger partial charge >= 0.3 is 6.18 Å². The highest BCUT2D eigenvalue weighted by atomic mass is 35.5. The number of hydrogen-bond acceptors (Lipinski definition) is 7. The molecule has 37 heavy (non-hydrogen) atoms. The Bertz CT molecular complexity index is 1330. The van der Waals surface area contributed by atoms with Gasteiger partial charge in [-0.1, -0.05) is 28.4 Å². The zero-order chi connectivity index (χ0) is 27.2. The molecule has 1 aromatic carbocycles. The fourth-order valence-corrected chi connectivity index (χ4v) is 3.53. The lowest BCUT2D eigenvalue weighted by Crippen LogP contribution is -2.27. The van der Waals surface area contributed by atoms with Crippen LogP contribution in [-0.2, 0) is 4.84 Å². The number of nitrogens with one attached hydrogen (secondary N) is 2. The molecule has 3 rings (SSSR count). The summed E-state index contributed by atoms with van der Waals surface area (Å²) in [6, 6.07) is 6.85. The Balaban J connectivity index is 1.99. The molecule has 15 heteroatoms. The number of nitrogens with zero attached hydrogens (tertiary/aromatic N) is 4. The van der Waals surface area contributed by atoms with Crippen LogP contribution >= 0.6 is 23.2 Å². The lowest BCUT2D eigenvalue weighted by Gasteiger charge is -2.15. The minimum absolute atomic E-state index is 0.0243. The van der Waals surface area contributed by atoms with Gasteiger partial charge in [-0.15, -0.1) is 5.10 Å². The molecule has 2 heterocycles. The van der Waals surface area contributed by atoms with Gasteiger partial charge in [0, 0.05) is 17.3 Å². The normalized spacial score (nSPS) is 11.4. The SMILES string of the molecule is CO/N=C/CNC(=O)c1cc(Cl)cc(C)c1NC(=O)c1cc(OCC(F)(F)F)nn1-c1ncccc1Cl. The van der Waals surface area contributed by atoms with Crippen LogP contribution in [0.15, 0.2) is 41.7 Å². The highest BCUT2D eigenvalue weighted by Gasteiger charge is 2.30. The number of benzene rings is 1. The fourth-order valence-electron chi connectivity index (χ4n) is 3.05. The summed E-state index contributed by atoms with van der Waals surface area (Å²) in [7, 11) is 1.34. The molecule has 0 saturated carbocycles. The number of oxime groups is 1. The number of pyridine rings is 1. The number of rotatable bonds is 9. The number of aromatic nitrogens is 3. The van der Waals surface area contributed by atoms with Crippen LogP contribution in [0, 0.1) is 6.92 Å². The monoisotopic (exact) mass is 558 g/mol. The Hall–Kier alpha value is -3.84. The molecule has 2 amide bonds. The van der Waals surface area contributed by atoms with Crippen molar-refractivity contribution in [2.45, 2.75) is 13.1 Å². The van der Waals surface area contributed by atoms with Crippen molar-refractivity contribution < 1.29 is 32.3 Å². The number of halogens is 5. The van der Waals surface area contributed by atoms with E-state index in [0.29, 0.717) is 5.56 Å². The van der Waals surface area contributed by atoms with E-state index in [0.717, 1.165) is 10.7 Å². The summed E-state index contributed by atoms with van der Waals surface area (Å²) in [5.74, 6) is -1.94. The van der Waals surface area contributed by atoms with E-state index < -0.39 is 30.5 Å². The van der Waals surface area contributed by atoms with E-state index in [-0.39, 0.29) is 39.4 Å². The van der Waals surface area contributed by atoms with E-state index >= 15 is 0 Å². The van der Waals surface area contributed by atoms with E-state index in [9.17, 15) is 22.8 Å². The molecule has 196 valence electrons. The summed E-state index contributed by atoms with van der Waals surface area (Å²) < 4.78 is 43.7. The molecular weight excluding hydrogens is 540 g/mol. The summed E-state index contributed by atoms with van der Waals surface area (Å²) in [5, 5.41) is 12.9. The van der Waals surface area contributed by atoms with Gasteiger partial charge in [0.15, 0.2) is 12.4 Å². The molecular formula is C22H19Cl2F3N6O4. The van der Waals surface area contributed by atoms with Crippen LogP contribution in [0.5, 0.6) is 5.88 Å². The Morgan fingerprint density at radius 2 is 1.97 bits per heavy atom. The molecule has 0 spiro atoms. The number of ether oxygens (including phenoxy) is 1. The maximum absolute atomic E-state index is 13.3. The van der Waals surface area contributed by atoms with Gasteiger partial charge in [0.1, 0.15) is 12.8 Å². The number of hydrogen-bond donors (Lipinski definition) is 2. The number of amides is 2. The molecule has 2 N–H and O–H groups in total. The van der Waals surface area contributed by atoms with Gasteiger partial charge in [-0.3, -0.25) is 9.59 Å². The second-order valence-corrected chi connectivity index (χ2v) is 8.12. The first-order chi connectivity index (χ1) is 17.5. The van der Waals surface area contributed by atoms with E-state index in [1.165, 1.54) is 43.8 Å². The van der Waals surface area contributed by atoms with Crippen molar-refractivity contribution in [3.63, 3.8) is 0 Å². The highest BCUT2D eigenvalue weighted by Crippen LogP contribution is 2.28. The van der Waals surface area contributed by atoms with Gasteiger partial charge in [0.05, 0.1) is 29.0 Å². The summed E-state index contributed by atoms with van der Waals surface area (Å²) in [6.45, 7) is -0.0000759. The van der Waals surface area contributed by atoms with Crippen LogP contribution in [0.1, 0.15) is 26.4 Å². The molecule has 0 bridgehead atoms. The van der Waals surface area contributed by atoms with Gasteiger partial charge in [0.2, 0.25) is 5.88 Å². The van der Waals surface area contributed by atoms with Gasteiger partial charge in [-0.2, -0.15) is 13.2 Å². The summed E-state index contributed by atoms with van der Waals surface area (Å²) in [5.41, 5.74) is 0.311. The van der Waals surface area contributed by atoms with Crippen LogP contribution in [0.2, 0.25) is 10.0 Å². The first-order valence-electron chi connectivity index (χ1n) is 10.4. The number of anilines is 1. The molecule has 0 atom stereocenters. The zero-order valence-corrected chi connectivity index (χ0v) is 20.8. The predicted octanol–water partition coefficient (Wildman–Crippen LogP) is 4.44. The molecule has 0 aliphatic carbocycles. The molecule has 0 aliphatic heterocycles. The van der Waals surface area contributed by atoms with Crippen molar-refractivity contribution in [1.82, 2.24) is 20.1 Å². The number of alkyl halides is 3. The maximum atomic E-state index is 13.3. The smallest absolute Gasteiger partial charge is 0.422 e. The van der Waals surface area contributed by atoms with E-state index in [4.69, 9.17) is 27.9 Å². The van der Waals surface area contributed by atoms with Crippen molar-refractivity contribution in [3.05, 3.63) is 63.4 Å². The van der Waals surface area contributed by atoms with Crippen molar-refractivity contribution in [2.24, 2.45) is 5.16 Å². The van der Waals surface area contributed by atoms with E-state index in [2.05, 4.69) is 30.7 Å². The van der Waals surface area contributed by atoms with Gasteiger partial charge in [-0.05, 0) is 36.8 Å². The average molecular weight is 559 g/mol. The third-order valence-corrected chi connectivity index (χ3v) is 5.07. The maximum Gasteiger partial charge on any atom is 0.422 e. The number of carbonyl (C=O) groups is 2. The minimum atomic E-state index is -4.63. The molecule has 2 aromatic heterocycles. The molecule has 10 nitrogen and oxygen atoms in total. The van der Waals surface area contributed by atoms with Gasteiger partial charge in [-0.25, -0.2) is 9.67 Å².